The monoisotopic (exact) mass is 249 g/mol. The first-order valence-corrected chi connectivity index (χ1v) is 6.29. The number of aliphatic hydroxyl groups is 1. The van der Waals surface area contributed by atoms with Crippen molar-refractivity contribution in [3.05, 3.63) is 29.8 Å². The van der Waals surface area contributed by atoms with Gasteiger partial charge in [0.25, 0.3) is 0 Å². The number of nitrogens with one attached hydrogen (secondary N) is 1. The zero-order chi connectivity index (χ0) is 13.0. The highest BCUT2D eigenvalue weighted by Gasteiger charge is 2.26. The summed E-state index contributed by atoms with van der Waals surface area (Å²) in [6.07, 6.45) is 2.59. The van der Waals surface area contributed by atoms with E-state index >= 15 is 0 Å². The minimum Gasteiger partial charge on any atom is -0.497 e. The summed E-state index contributed by atoms with van der Waals surface area (Å²) in [5, 5.41) is 12.5. The number of ether oxygens (including phenoxy) is 1. The standard InChI is InChI=1S/C14H19NO3/c1-18-11-7-5-10(6-8-11)9-14(17)15-12-3-2-4-13(12)16/h5-8,12-13,16H,2-4,9H2,1H3,(H,15,17). The molecule has 1 aliphatic carbocycles. The summed E-state index contributed by atoms with van der Waals surface area (Å²) in [6.45, 7) is 0. The van der Waals surface area contributed by atoms with Gasteiger partial charge >= 0.3 is 0 Å². The molecule has 0 radical (unpaired) electrons. The van der Waals surface area contributed by atoms with Crippen molar-refractivity contribution in [3.8, 4) is 5.75 Å². The minimum absolute atomic E-state index is 0.0360. The highest BCUT2D eigenvalue weighted by atomic mass is 16.5. The number of carbonyl (C=O) groups is 1. The molecule has 0 spiro atoms. The molecule has 0 bridgehead atoms. The Labute approximate surface area is 107 Å². The van der Waals surface area contributed by atoms with Crippen LogP contribution in [0.1, 0.15) is 24.8 Å². The molecule has 1 amide bonds. The predicted molar refractivity (Wildman–Crippen MR) is 68.5 cm³/mol. The van der Waals surface area contributed by atoms with Crippen LogP contribution in [0.4, 0.5) is 0 Å². The number of rotatable bonds is 4. The van der Waals surface area contributed by atoms with E-state index in [0.717, 1.165) is 30.6 Å². The predicted octanol–water partition coefficient (Wildman–Crippen LogP) is 1.27. The summed E-state index contributed by atoms with van der Waals surface area (Å²) in [5.41, 5.74) is 0.945. The maximum atomic E-state index is 11.8. The van der Waals surface area contributed by atoms with Gasteiger partial charge in [-0.2, -0.15) is 0 Å². The van der Waals surface area contributed by atoms with Gasteiger partial charge in [0.2, 0.25) is 5.91 Å². The first-order chi connectivity index (χ1) is 8.69. The van der Waals surface area contributed by atoms with Crippen molar-refractivity contribution in [3.63, 3.8) is 0 Å². The molecule has 1 fully saturated rings. The average molecular weight is 249 g/mol. The van der Waals surface area contributed by atoms with Gasteiger partial charge in [-0.1, -0.05) is 12.1 Å². The Morgan fingerprint density at radius 2 is 2.11 bits per heavy atom. The van der Waals surface area contributed by atoms with Gasteiger partial charge in [0, 0.05) is 0 Å². The zero-order valence-electron chi connectivity index (χ0n) is 10.6. The molecule has 1 aromatic carbocycles. The smallest absolute Gasteiger partial charge is 0.224 e. The number of hydrogen-bond donors (Lipinski definition) is 2. The van der Waals surface area contributed by atoms with Crippen LogP contribution < -0.4 is 10.1 Å². The normalized spacial score (nSPS) is 22.8. The van der Waals surface area contributed by atoms with Crippen LogP contribution >= 0.6 is 0 Å². The SMILES string of the molecule is COc1ccc(CC(=O)NC2CCCC2O)cc1. The lowest BCUT2D eigenvalue weighted by Gasteiger charge is -2.16. The highest BCUT2D eigenvalue weighted by molar-refractivity contribution is 5.79. The Morgan fingerprint density at radius 3 is 2.67 bits per heavy atom. The molecule has 2 N–H and O–H groups in total. The van der Waals surface area contributed by atoms with Crippen LogP contribution in [0.25, 0.3) is 0 Å². The maximum Gasteiger partial charge on any atom is 0.224 e. The second kappa shape index (κ2) is 5.87. The van der Waals surface area contributed by atoms with E-state index in [1.807, 2.05) is 24.3 Å². The number of aliphatic hydroxyl groups excluding tert-OH is 1. The minimum atomic E-state index is -0.384. The molecule has 1 aliphatic rings. The molecule has 2 atom stereocenters. The van der Waals surface area contributed by atoms with Gasteiger partial charge in [0.1, 0.15) is 5.75 Å². The average Bonchev–Trinajstić information content (AvgIpc) is 2.76. The fourth-order valence-corrected chi connectivity index (χ4v) is 2.30. The molecule has 1 saturated carbocycles. The van der Waals surface area contributed by atoms with Crippen LogP contribution in [-0.4, -0.2) is 30.3 Å². The third kappa shape index (κ3) is 3.23. The van der Waals surface area contributed by atoms with Gasteiger partial charge in [-0.3, -0.25) is 4.79 Å². The first-order valence-electron chi connectivity index (χ1n) is 6.29. The van der Waals surface area contributed by atoms with Gasteiger partial charge in [-0.25, -0.2) is 0 Å². The van der Waals surface area contributed by atoms with Gasteiger partial charge in [0.05, 0.1) is 25.7 Å². The molecule has 4 nitrogen and oxygen atoms in total. The van der Waals surface area contributed by atoms with Crippen LogP contribution in [0.5, 0.6) is 5.75 Å². The van der Waals surface area contributed by atoms with Crippen molar-refractivity contribution in [2.24, 2.45) is 0 Å². The molecule has 2 unspecified atom stereocenters. The molecule has 0 saturated heterocycles. The molecule has 2 rings (SSSR count). The zero-order valence-corrected chi connectivity index (χ0v) is 10.6. The van der Waals surface area contributed by atoms with Crippen molar-refractivity contribution >= 4 is 5.91 Å². The number of benzene rings is 1. The van der Waals surface area contributed by atoms with Crippen LogP contribution in [0, 0.1) is 0 Å². The second-order valence-electron chi connectivity index (χ2n) is 4.70. The molecule has 1 aromatic rings. The molecule has 98 valence electrons. The fourth-order valence-electron chi connectivity index (χ4n) is 2.30. The van der Waals surface area contributed by atoms with E-state index in [4.69, 9.17) is 4.74 Å². The van der Waals surface area contributed by atoms with Crippen molar-refractivity contribution in [2.45, 2.75) is 37.8 Å². The van der Waals surface area contributed by atoms with E-state index in [9.17, 15) is 9.90 Å². The largest absolute Gasteiger partial charge is 0.497 e. The van der Waals surface area contributed by atoms with E-state index in [1.165, 1.54) is 0 Å². The summed E-state index contributed by atoms with van der Waals surface area (Å²) in [7, 11) is 1.61. The maximum absolute atomic E-state index is 11.8. The van der Waals surface area contributed by atoms with Crippen molar-refractivity contribution in [1.82, 2.24) is 5.32 Å². The van der Waals surface area contributed by atoms with E-state index < -0.39 is 0 Å². The Kier molecular flexibility index (Phi) is 4.20. The van der Waals surface area contributed by atoms with E-state index in [1.54, 1.807) is 7.11 Å². The fraction of sp³-hybridized carbons (Fsp3) is 0.500. The van der Waals surface area contributed by atoms with Crippen LogP contribution in [-0.2, 0) is 11.2 Å². The quantitative estimate of drug-likeness (QED) is 0.844. The first kappa shape index (κ1) is 12.9. The topological polar surface area (TPSA) is 58.6 Å². The molecular formula is C14H19NO3. The van der Waals surface area contributed by atoms with Crippen LogP contribution in [0.2, 0.25) is 0 Å². The highest BCUT2D eigenvalue weighted by Crippen LogP contribution is 2.19. The third-order valence-electron chi connectivity index (χ3n) is 3.35. The third-order valence-corrected chi connectivity index (χ3v) is 3.35. The summed E-state index contributed by atoms with van der Waals surface area (Å²) >= 11 is 0. The Hall–Kier alpha value is -1.55. The van der Waals surface area contributed by atoms with Crippen LogP contribution in [0.3, 0.4) is 0 Å². The Balaban J connectivity index is 1.86. The Bertz CT molecular complexity index is 402. The van der Waals surface area contributed by atoms with E-state index in [2.05, 4.69) is 5.32 Å². The Morgan fingerprint density at radius 1 is 1.39 bits per heavy atom. The number of carbonyl (C=O) groups excluding carboxylic acids is 1. The van der Waals surface area contributed by atoms with E-state index in [0.29, 0.717) is 6.42 Å². The second-order valence-corrected chi connectivity index (χ2v) is 4.70. The van der Waals surface area contributed by atoms with Crippen LogP contribution in [0.15, 0.2) is 24.3 Å². The molecule has 0 aliphatic heterocycles. The van der Waals surface area contributed by atoms with Gasteiger partial charge in [-0.05, 0) is 37.0 Å². The van der Waals surface area contributed by atoms with Crippen molar-refractivity contribution < 1.29 is 14.6 Å². The van der Waals surface area contributed by atoms with Gasteiger partial charge in [-0.15, -0.1) is 0 Å². The lowest BCUT2D eigenvalue weighted by Crippen LogP contribution is -2.40. The molecule has 18 heavy (non-hydrogen) atoms. The van der Waals surface area contributed by atoms with E-state index in [-0.39, 0.29) is 18.1 Å². The number of amides is 1. The summed E-state index contributed by atoms with van der Waals surface area (Å²) < 4.78 is 5.06. The molecular weight excluding hydrogens is 230 g/mol. The summed E-state index contributed by atoms with van der Waals surface area (Å²) in [5.74, 6) is 0.747. The molecule has 0 aromatic heterocycles. The lowest BCUT2D eigenvalue weighted by molar-refractivity contribution is -0.121. The van der Waals surface area contributed by atoms with Crippen molar-refractivity contribution in [2.75, 3.05) is 7.11 Å². The molecule has 0 heterocycles. The number of methoxy groups -OCH3 is 1. The lowest BCUT2D eigenvalue weighted by atomic mass is 10.1. The summed E-state index contributed by atoms with van der Waals surface area (Å²) in [4.78, 5) is 11.8. The van der Waals surface area contributed by atoms with Gasteiger partial charge in [0.15, 0.2) is 0 Å². The van der Waals surface area contributed by atoms with Crippen molar-refractivity contribution in [1.29, 1.82) is 0 Å². The van der Waals surface area contributed by atoms with Gasteiger partial charge < -0.3 is 15.2 Å². The summed E-state index contributed by atoms with van der Waals surface area (Å²) in [6, 6.07) is 7.36. The number of hydrogen-bond acceptors (Lipinski definition) is 3. The molecule has 4 heteroatoms.